The fraction of sp³-hybridized carbons (Fsp3) is 0.586. The molecule has 1 unspecified atom stereocenters. The number of nitrogens with zero attached hydrogens (tertiary/aromatic N) is 3. The first kappa shape index (κ1) is 28.8. The predicted molar refractivity (Wildman–Crippen MR) is 145 cm³/mol. The van der Waals surface area contributed by atoms with Gasteiger partial charge in [-0.25, -0.2) is 0 Å². The van der Waals surface area contributed by atoms with E-state index in [0.29, 0.717) is 56.1 Å². The quantitative estimate of drug-likeness (QED) is 0.374. The lowest BCUT2D eigenvalue weighted by Crippen LogP contribution is -2.45. The number of aromatic nitrogens is 1. The molecule has 0 radical (unpaired) electrons. The molecule has 0 spiro atoms. The number of methoxy groups -OCH3 is 1. The van der Waals surface area contributed by atoms with Gasteiger partial charge in [0.15, 0.2) is 11.5 Å². The second-order valence-corrected chi connectivity index (χ2v) is 10.4. The van der Waals surface area contributed by atoms with E-state index in [9.17, 15) is 19.8 Å². The van der Waals surface area contributed by atoms with Crippen LogP contribution >= 0.6 is 0 Å². The molecule has 0 saturated carbocycles. The Hall–Kier alpha value is -3.24. The number of hydrogen-bond acceptors (Lipinski definition) is 7. The molecule has 1 amide bonds. The maximum Gasteiger partial charge on any atom is 0.308 e. The van der Waals surface area contributed by atoms with Gasteiger partial charge < -0.3 is 33.9 Å². The zero-order valence-corrected chi connectivity index (χ0v) is 23.2. The van der Waals surface area contributed by atoms with Gasteiger partial charge in [0.05, 0.1) is 19.6 Å². The first-order valence-corrected chi connectivity index (χ1v) is 13.8. The van der Waals surface area contributed by atoms with E-state index >= 15 is 0 Å². The molecule has 10 nitrogen and oxygen atoms in total. The minimum absolute atomic E-state index is 0.0218. The predicted octanol–water partition coefficient (Wildman–Crippen LogP) is 2.87. The number of benzene rings is 1. The highest BCUT2D eigenvalue weighted by molar-refractivity contribution is 5.79. The average molecular weight is 544 g/mol. The van der Waals surface area contributed by atoms with Crippen molar-refractivity contribution in [1.29, 1.82) is 0 Å². The molecule has 39 heavy (non-hydrogen) atoms. The van der Waals surface area contributed by atoms with Crippen molar-refractivity contribution >= 4 is 11.9 Å². The fourth-order valence-corrected chi connectivity index (χ4v) is 5.85. The highest BCUT2D eigenvalue weighted by Crippen LogP contribution is 2.47. The normalized spacial score (nSPS) is 20.4. The Bertz CT molecular complexity index is 1130. The maximum atomic E-state index is 13.5. The third-order valence-electron chi connectivity index (χ3n) is 7.95. The SMILES string of the molecule is CCCCN(CCCO)C(=O)CN1C[C@H](c2cc(OC)c3c(c2)OCO3)C(C(=O)O)[C@@H]1CCc1cccn1C. The fourth-order valence-electron chi connectivity index (χ4n) is 5.85. The number of rotatable bonds is 14. The number of carbonyl (C=O) groups excluding carboxylic acids is 1. The summed E-state index contributed by atoms with van der Waals surface area (Å²) in [6, 6.07) is 7.37. The van der Waals surface area contributed by atoms with E-state index in [-0.39, 0.29) is 37.8 Å². The van der Waals surface area contributed by atoms with Crippen LogP contribution in [0.2, 0.25) is 0 Å². The summed E-state index contributed by atoms with van der Waals surface area (Å²) in [7, 11) is 3.53. The van der Waals surface area contributed by atoms with Crippen LogP contribution in [0.4, 0.5) is 0 Å². The van der Waals surface area contributed by atoms with Crippen molar-refractivity contribution in [3.63, 3.8) is 0 Å². The number of carboxylic acids is 1. The number of aliphatic carboxylic acids is 1. The van der Waals surface area contributed by atoms with E-state index in [1.54, 1.807) is 12.0 Å². The van der Waals surface area contributed by atoms with Gasteiger partial charge in [-0.05, 0) is 55.5 Å². The van der Waals surface area contributed by atoms with Gasteiger partial charge in [-0.2, -0.15) is 0 Å². The Kier molecular flexibility index (Phi) is 9.74. The van der Waals surface area contributed by atoms with Crippen LogP contribution in [0.3, 0.4) is 0 Å². The van der Waals surface area contributed by atoms with E-state index in [1.165, 1.54) is 0 Å². The molecule has 1 fully saturated rings. The topological polar surface area (TPSA) is 114 Å². The van der Waals surface area contributed by atoms with Crippen LogP contribution in [0.5, 0.6) is 17.2 Å². The molecule has 1 aromatic carbocycles. The molecular weight excluding hydrogens is 502 g/mol. The number of amides is 1. The van der Waals surface area contributed by atoms with Gasteiger partial charge in [-0.15, -0.1) is 0 Å². The summed E-state index contributed by atoms with van der Waals surface area (Å²) in [5, 5.41) is 19.9. The van der Waals surface area contributed by atoms with E-state index < -0.39 is 11.9 Å². The molecule has 10 heteroatoms. The van der Waals surface area contributed by atoms with Crippen LogP contribution in [0, 0.1) is 5.92 Å². The molecule has 3 heterocycles. The lowest BCUT2D eigenvalue weighted by molar-refractivity contribution is -0.143. The van der Waals surface area contributed by atoms with Crippen molar-refractivity contribution in [1.82, 2.24) is 14.4 Å². The number of ether oxygens (including phenoxy) is 3. The molecule has 2 aromatic rings. The summed E-state index contributed by atoms with van der Waals surface area (Å²) in [5.41, 5.74) is 1.91. The molecule has 3 atom stereocenters. The van der Waals surface area contributed by atoms with Crippen molar-refractivity contribution in [2.24, 2.45) is 13.0 Å². The van der Waals surface area contributed by atoms with Crippen LogP contribution in [-0.2, 0) is 23.1 Å². The third kappa shape index (κ3) is 6.50. The number of fused-ring (bicyclic) bond motifs is 1. The summed E-state index contributed by atoms with van der Waals surface area (Å²) in [4.78, 5) is 30.2. The molecule has 2 aliphatic heterocycles. The Morgan fingerprint density at radius 1 is 1.21 bits per heavy atom. The standard InChI is InChI=1S/C29H41N3O7/c1-4-5-12-31(13-7-14-33)26(34)18-32-17-22(20-15-24(37-3)28-25(16-20)38-19-39-28)27(29(35)36)23(32)10-9-21-8-6-11-30(21)2/h6,8,11,15-16,22-23,27,33H,4-5,7,9-10,12-14,17-19H2,1-3H3,(H,35,36)/t22-,23+,27?/m1/s1. The Balaban J connectivity index is 1.64. The summed E-state index contributed by atoms with van der Waals surface area (Å²) >= 11 is 0. The Labute approximate surface area is 230 Å². The van der Waals surface area contributed by atoms with Gasteiger partial charge in [-0.3, -0.25) is 14.5 Å². The Morgan fingerprint density at radius 2 is 2.00 bits per heavy atom. The molecule has 214 valence electrons. The van der Waals surface area contributed by atoms with E-state index in [2.05, 4.69) is 6.92 Å². The monoisotopic (exact) mass is 543 g/mol. The van der Waals surface area contributed by atoms with E-state index in [1.807, 2.05) is 47.0 Å². The van der Waals surface area contributed by atoms with Gasteiger partial charge in [-0.1, -0.05) is 13.3 Å². The summed E-state index contributed by atoms with van der Waals surface area (Å²) in [5.74, 6) is -0.426. The first-order valence-electron chi connectivity index (χ1n) is 13.8. The highest BCUT2D eigenvalue weighted by Gasteiger charge is 2.47. The zero-order chi connectivity index (χ0) is 27.9. The number of hydrogen-bond donors (Lipinski definition) is 2. The third-order valence-corrected chi connectivity index (χ3v) is 7.95. The minimum atomic E-state index is -0.883. The van der Waals surface area contributed by atoms with Crippen LogP contribution < -0.4 is 14.2 Å². The smallest absolute Gasteiger partial charge is 0.308 e. The summed E-state index contributed by atoms with van der Waals surface area (Å²) in [6.45, 7) is 3.86. The van der Waals surface area contributed by atoms with Crippen LogP contribution in [0.1, 0.15) is 49.8 Å². The van der Waals surface area contributed by atoms with Crippen molar-refractivity contribution in [3.05, 3.63) is 41.7 Å². The molecule has 0 bridgehead atoms. The van der Waals surface area contributed by atoms with Gasteiger partial charge in [0, 0.05) is 57.1 Å². The number of aliphatic hydroxyl groups excluding tert-OH is 1. The molecule has 1 aromatic heterocycles. The van der Waals surface area contributed by atoms with E-state index in [4.69, 9.17) is 14.2 Å². The van der Waals surface area contributed by atoms with Crippen molar-refractivity contribution in [2.45, 2.75) is 51.0 Å². The number of likely N-dealkylation sites (tertiary alicyclic amines) is 1. The molecular formula is C29H41N3O7. The molecule has 1 saturated heterocycles. The largest absolute Gasteiger partial charge is 0.493 e. The lowest BCUT2D eigenvalue weighted by Gasteiger charge is -2.29. The summed E-state index contributed by atoms with van der Waals surface area (Å²) < 4.78 is 18.7. The number of carbonyl (C=O) groups is 2. The maximum absolute atomic E-state index is 13.5. The van der Waals surface area contributed by atoms with Gasteiger partial charge in [0.25, 0.3) is 0 Å². The molecule has 4 rings (SSSR count). The summed E-state index contributed by atoms with van der Waals surface area (Å²) in [6.07, 6.45) is 5.64. The number of unbranched alkanes of at least 4 members (excludes halogenated alkanes) is 1. The van der Waals surface area contributed by atoms with Crippen LogP contribution in [0.25, 0.3) is 0 Å². The van der Waals surface area contributed by atoms with Crippen LogP contribution in [-0.4, -0.2) is 89.2 Å². The van der Waals surface area contributed by atoms with Crippen molar-refractivity contribution < 1.29 is 34.0 Å². The first-order chi connectivity index (χ1) is 18.9. The molecule has 0 aliphatic carbocycles. The second-order valence-electron chi connectivity index (χ2n) is 10.4. The Morgan fingerprint density at radius 3 is 2.67 bits per heavy atom. The number of aliphatic hydroxyl groups is 1. The van der Waals surface area contributed by atoms with E-state index in [0.717, 1.165) is 24.1 Å². The van der Waals surface area contributed by atoms with Crippen molar-refractivity contribution in [2.75, 3.05) is 46.7 Å². The van der Waals surface area contributed by atoms with Gasteiger partial charge >= 0.3 is 5.97 Å². The highest BCUT2D eigenvalue weighted by atomic mass is 16.7. The van der Waals surface area contributed by atoms with Gasteiger partial charge in [0.2, 0.25) is 18.4 Å². The zero-order valence-electron chi connectivity index (χ0n) is 23.2. The van der Waals surface area contributed by atoms with Crippen LogP contribution in [0.15, 0.2) is 30.5 Å². The molecule has 2 N–H and O–H groups in total. The number of aryl methyl sites for hydroxylation is 2. The molecule has 2 aliphatic rings. The second kappa shape index (κ2) is 13.2. The average Bonchev–Trinajstić information content (AvgIpc) is 3.65. The number of carboxylic acid groups (broad SMARTS) is 1. The van der Waals surface area contributed by atoms with Gasteiger partial charge in [0.1, 0.15) is 0 Å². The lowest BCUT2D eigenvalue weighted by atomic mass is 9.83. The minimum Gasteiger partial charge on any atom is -0.493 e. The van der Waals surface area contributed by atoms with Crippen molar-refractivity contribution in [3.8, 4) is 17.2 Å².